The monoisotopic (exact) mass is 185 g/mol. The molecule has 1 rings (SSSR count). The van der Waals surface area contributed by atoms with Crippen molar-refractivity contribution >= 4 is 0 Å². The molecule has 0 aliphatic carbocycles. The number of hydrogen-bond acceptors (Lipinski definition) is 2. The molecule has 1 aliphatic rings. The van der Waals surface area contributed by atoms with E-state index in [0.717, 1.165) is 32.5 Å². The molecule has 2 heteroatoms. The number of ether oxygens (including phenoxy) is 1. The Bertz CT molecular complexity index is 128. The van der Waals surface area contributed by atoms with Crippen LogP contribution in [0, 0.1) is 0 Å². The van der Waals surface area contributed by atoms with Crippen LogP contribution in [0.1, 0.15) is 51.9 Å². The van der Waals surface area contributed by atoms with Crippen LogP contribution in [0.4, 0.5) is 0 Å². The van der Waals surface area contributed by atoms with Crippen LogP contribution < -0.4 is 5.73 Å². The van der Waals surface area contributed by atoms with Gasteiger partial charge in [0.25, 0.3) is 0 Å². The minimum absolute atomic E-state index is 0.0890. The molecule has 1 aliphatic heterocycles. The third-order valence-corrected chi connectivity index (χ3v) is 2.99. The van der Waals surface area contributed by atoms with E-state index >= 15 is 0 Å². The summed E-state index contributed by atoms with van der Waals surface area (Å²) < 4.78 is 5.42. The molecule has 1 atom stereocenters. The molecule has 0 saturated carbocycles. The number of nitrogens with two attached hydrogens (primary N) is 1. The van der Waals surface area contributed by atoms with Crippen molar-refractivity contribution < 1.29 is 4.74 Å². The summed E-state index contributed by atoms with van der Waals surface area (Å²) in [5.41, 5.74) is 6.41. The van der Waals surface area contributed by atoms with E-state index in [-0.39, 0.29) is 5.54 Å². The van der Waals surface area contributed by atoms with Gasteiger partial charge in [-0.25, -0.2) is 0 Å². The van der Waals surface area contributed by atoms with Crippen molar-refractivity contribution in [3.63, 3.8) is 0 Å². The van der Waals surface area contributed by atoms with Crippen molar-refractivity contribution in [2.45, 2.75) is 57.4 Å². The van der Waals surface area contributed by atoms with Gasteiger partial charge in [0.1, 0.15) is 0 Å². The van der Waals surface area contributed by atoms with Crippen LogP contribution in [0.25, 0.3) is 0 Å². The first-order valence-electron chi connectivity index (χ1n) is 5.63. The highest BCUT2D eigenvalue weighted by molar-refractivity contribution is 4.85. The van der Waals surface area contributed by atoms with Crippen molar-refractivity contribution in [3.8, 4) is 0 Å². The van der Waals surface area contributed by atoms with Crippen LogP contribution in [-0.2, 0) is 4.74 Å². The molecule has 0 aromatic rings. The van der Waals surface area contributed by atoms with Crippen LogP contribution in [0.5, 0.6) is 0 Å². The van der Waals surface area contributed by atoms with E-state index in [4.69, 9.17) is 10.5 Å². The molecule has 1 fully saturated rings. The number of unbranched alkanes of at least 4 members (excludes halogenated alkanes) is 2. The minimum atomic E-state index is 0.0890. The highest BCUT2D eigenvalue weighted by atomic mass is 16.5. The smallest absolute Gasteiger partial charge is 0.0483 e. The lowest BCUT2D eigenvalue weighted by Gasteiger charge is -2.27. The summed E-state index contributed by atoms with van der Waals surface area (Å²) in [5.74, 6) is 0. The highest BCUT2D eigenvalue weighted by Gasteiger charge is 2.25. The molecule has 78 valence electrons. The van der Waals surface area contributed by atoms with Gasteiger partial charge in [-0.15, -0.1) is 0 Å². The zero-order valence-electron chi connectivity index (χ0n) is 8.85. The Hall–Kier alpha value is -0.0800. The van der Waals surface area contributed by atoms with Crippen molar-refractivity contribution in [1.29, 1.82) is 0 Å². The molecule has 0 bridgehead atoms. The molecule has 0 radical (unpaired) electrons. The third kappa shape index (κ3) is 4.10. The molecule has 0 spiro atoms. The topological polar surface area (TPSA) is 35.2 Å². The van der Waals surface area contributed by atoms with Gasteiger partial charge in [0.05, 0.1) is 0 Å². The van der Waals surface area contributed by atoms with E-state index in [1.165, 1.54) is 25.7 Å². The van der Waals surface area contributed by atoms with Gasteiger partial charge in [-0.3, -0.25) is 0 Å². The molecule has 2 N–H and O–H groups in total. The van der Waals surface area contributed by atoms with E-state index in [2.05, 4.69) is 6.92 Å². The molecule has 1 saturated heterocycles. The Morgan fingerprint density at radius 2 is 2.08 bits per heavy atom. The van der Waals surface area contributed by atoms with Gasteiger partial charge in [-0.2, -0.15) is 0 Å². The van der Waals surface area contributed by atoms with Crippen LogP contribution in [0.2, 0.25) is 0 Å². The highest BCUT2D eigenvalue weighted by Crippen LogP contribution is 2.24. The van der Waals surface area contributed by atoms with Gasteiger partial charge in [-0.05, 0) is 25.7 Å². The summed E-state index contributed by atoms with van der Waals surface area (Å²) in [6.07, 6.45) is 8.42. The summed E-state index contributed by atoms with van der Waals surface area (Å²) in [6.45, 7) is 4.01. The summed E-state index contributed by atoms with van der Waals surface area (Å²) in [5, 5.41) is 0. The summed E-state index contributed by atoms with van der Waals surface area (Å²) in [7, 11) is 0. The van der Waals surface area contributed by atoms with Gasteiger partial charge >= 0.3 is 0 Å². The molecular weight excluding hydrogens is 162 g/mol. The van der Waals surface area contributed by atoms with Crippen LogP contribution in [0.15, 0.2) is 0 Å². The van der Waals surface area contributed by atoms with Gasteiger partial charge in [0.15, 0.2) is 0 Å². The van der Waals surface area contributed by atoms with E-state index in [0.29, 0.717) is 0 Å². The van der Waals surface area contributed by atoms with Crippen LogP contribution in [0.3, 0.4) is 0 Å². The number of hydrogen-bond donors (Lipinski definition) is 1. The first kappa shape index (κ1) is 11.0. The molecule has 1 heterocycles. The number of rotatable bonds is 4. The Morgan fingerprint density at radius 1 is 1.23 bits per heavy atom. The summed E-state index contributed by atoms with van der Waals surface area (Å²) in [4.78, 5) is 0. The largest absolute Gasteiger partial charge is 0.381 e. The van der Waals surface area contributed by atoms with Gasteiger partial charge < -0.3 is 10.5 Å². The third-order valence-electron chi connectivity index (χ3n) is 2.99. The average molecular weight is 185 g/mol. The molecule has 13 heavy (non-hydrogen) atoms. The second kappa shape index (κ2) is 5.61. The quantitative estimate of drug-likeness (QED) is 0.683. The predicted octanol–water partition coefficient (Wildman–Crippen LogP) is 2.46. The minimum Gasteiger partial charge on any atom is -0.381 e. The lowest BCUT2D eigenvalue weighted by molar-refractivity contribution is 0.138. The normalized spacial score (nSPS) is 30.0. The first-order chi connectivity index (χ1) is 6.27. The van der Waals surface area contributed by atoms with Crippen LogP contribution >= 0.6 is 0 Å². The van der Waals surface area contributed by atoms with Gasteiger partial charge in [-0.1, -0.05) is 26.2 Å². The van der Waals surface area contributed by atoms with Gasteiger partial charge in [0, 0.05) is 18.8 Å². The van der Waals surface area contributed by atoms with Crippen molar-refractivity contribution in [3.05, 3.63) is 0 Å². The zero-order chi connectivity index (χ0) is 9.57. The van der Waals surface area contributed by atoms with Crippen LogP contribution in [-0.4, -0.2) is 18.8 Å². The summed E-state index contributed by atoms with van der Waals surface area (Å²) in [6, 6.07) is 0. The van der Waals surface area contributed by atoms with E-state index in [9.17, 15) is 0 Å². The fourth-order valence-corrected chi connectivity index (χ4v) is 2.01. The lowest BCUT2D eigenvalue weighted by atomic mass is 9.86. The Balaban J connectivity index is 2.25. The predicted molar refractivity (Wildman–Crippen MR) is 55.7 cm³/mol. The van der Waals surface area contributed by atoms with E-state index in [1.54, 1.807) is 0 Å². The van der Waals surface area contributed by atoms with E-state index < -0.39 is 0 Å². The Morgan fingerprint density at radius 3 is 2.85 bits per heavy atom. The maximum absolute atomic E-state index is 6.32. The molecule has 2 nitrogen and oxygen atoms in total. The van der Waals surface area contributed by atoms with Crippen molar-refractivity contribution in [2.24, 2.45) is 5.73 Å². The maximum atomic E-state index is 6.32. The first-order valence-corrected chi connectivity index (χ1v) is 5.63. The zero-order valence-corrected chi connectivity index (χ0v) is 8.85. The maximum Gasteiger partial charge on any atom is 0.0483 e. The second-order valence-electron chi connectivity index (χ2n) is 4.29. The molecule has 0 amide bonds. The Kier molecular flexibility index (Phi) is 4.74. The van der Waals surface area contributed by atoms with Gasteiger partial charge in [0.2, 0.25) is 0 Å². The molecule has 0 aromatic heterocycles. The summed E-state index contributed by atoms with van der Waals surface area (Å²) >= 11 is 0. The average Bonchev–Trinajstić information content (AvgIpc) is 2.31. The van der Waals surface area contributed by atoms with Crippen molar-refractivity contribution in [2.75, 3.05) is 13.2 Å². The molecule has 1 unspecified atom stereocenters. The van der Waals surface area contributed by atoms with E-state index in [1.807, 2.05) is 0 Å². The standard InChI is InChI=1S/C11H23NO/c1-2-3-4-6-11(12)7-5-9-13-10-8-11/h2-10,12H2,1H3. The SMILES string of the molecule is CCCCCC1(N)CCCOCC1. The lowest BCUT2D eigenvalue weighted by Crippen LogP contribution is -2.39. The fraction of sp³-hybridized carbons (Fsp3) is 1.00. The van der Waals surface area contributed by atoms with Crippen molar-refractivity contribution in [1.82, 2.24) is 0 Å². The molecule has 0 aromatic carbocycles. The second-order valence-corrected chi connectivity index (χ2v) is 4.29. The fourth-order valence-electron chi connectivity index (χ4n) is 2.01. The molecular formula is C11H23NO. The Labute approximate surface area is 81.8 Å².